The highest BCUT2D eigenvalue weighted by molar-refractivity contribution is 9.10. The lowest BCUT2D eigenvalue weighted by Crippen LogP contribution is -2.10. The van der Waals surface area contributed by atoms with E-state index in [9.17, 15) is 5.11 Å². The maximum absolute atomic E-state index is 9.76. The standard InChI is InChI=1S/C10H13BrClNO.ClH/c1-2-3-8(13)9-7(12)5-4-6(11)10(9)14;/h4-5,8,14H,2-3,13H2,1H3;1H/t8-;/m0./s1. The van der Waals surface area contributed by atoms with Crippen LogP contribution >= 0.6 is 39.9 Å². The third-order valence-corrected chi connectivity index (χ3v) is 3.05. The summed E-state index contributed by atoms with van der Waals surface area (Å²) < 4.78 is 0.628. The molecule has 1 aromatic carbocycles. The molecule has 0 saturated carbocycles. The van der Waals surface area contributed by atoms with Gasteiger partial charge in [-0.05, 0) is 34.5 Å². The second kappa shape index (κ2) is 6.59. The molecule has 1 rings (SSSR count). The number of benzene rings is 1. The molecule has 0 unspecified atom stereocenters. The van der Waals surface area contributed by atoms with E-state index < -0.39 is 0 Å². The lowest BCUT2D eigenvalue weighted by atomic mass is 10.0. The number of phenolic OH excluding ortho intramolecular Hbond substituents is 1. The number of hydrogen-bond donors (Lipinski definition) is 2. The lowest BCUT2D eigenvalue weighted by molar-refractivity contribution is 0.455. The third kappa shape index (κ3) is 3.52. The van der Waals surface area contributed by atoms with Gasteiger partial charge in [-0.2, -0.15) is 0 Å². The van der Waals surface area contributed by atoms with E-state index in [0.717, 1.165) is 12.8 Å². The van der Waals surface area contributed by atoms with Gasteiger partial charge in [0.25, 0.3) is 0 Å². The molecule has 0 aliphatic heterocycles. The van der Waals surface area contributed by atoms with Crippen molar-refractivity contribution in [1.82, 2.24) is 0 Å². The first-order valence-corrected chi connectivity index (χ1v) is 5.67. The van der Waals surface area contributed by atoms with Gasteiger partial charge in [0.2, 0.25) is 0 Å². The molecule has 0 spiro atoms. The Hall–Kier alpha value is 0.0400. The van der Waals surface area contributed by atoms with E-state index in [4.69, 9.17) is 17.3 Å². The van der Waals surface area contributed by atoms with Crippen LogP contribution in [0.3, 0.4) is 0 Å². The topological polar surface area (TPSA) is 46.2 Å². The summed E-state index contributed by atoms with van der Waals surface area (Å²) in [5.41, 5.74) is 6.54. The molecule has 1 aromatic rings. The second-order valence-electron chi connectivity index (χ2n) is 3.19. The van der Waals surface area contributed by atoms with Gasteiger partial charge in [0.05, 0.1) is 4.47 Å². The minimum atomic E-state index is -0.204. The maximum atomic E-state index is 9.76. The average Bonchev–Trinajstić information content (AvgIpc) is 2.13. The van der Waals surface area contributed by atoms with Gasteiger partial charge in [0.1, 0.15) is 5.75 Å². The summed E-state index contributed by atoms with van der Waals surface area (Å²) >= 11 is 9.21. The quantitative estimate of drug-likeness (QED) is 0.884. The highest BCUT2D eigenvalue weighted by Gasteiger charge is 2.16. The van der Waals surface area contributed by atoms with Crippen LogP contribution in [-0.4, -0.2) is 5.11 Å². The van der Waals surface area contributed by atoms with E-state index in [-0.39, 0.29) is 24.2 Å². The van der Waals surface area contributed by atoms with Crippen molar-refractivity contribution in [3.63, 3.8) is 0 Å². The Morgan fingerprint density at radius 1 is 1.53 bits per heavy atom. The van der Waals surface area contributed by atoms with Crippen molar-refractivity contribution in [3.05, 3.63) is 27.2 Å². The van der Waals surface area contributed by atoms with Crippen LogP contribution in [0.15, 0.2) is 16.6 Å². The molecule has 0 aliphatic rings. The number of rotatable bonds is 3. The fraction of sp³-hybridized carbons (Fsp3) is 0.400. The predicted octanol–water partition coefficient (Wildman–Crippen LogP) is 4.03. The Morgan fingerprint density at radius 2 is 2.13 bits per heavy atom. The fourth-order valence-electron chi connectivity index (χ4n) is 1.36. The first-order valence-electron chi connectivity index (χ1n) is 4.50. The van der Waals surface area contributed by atoms with Crippen LogP contribution in [0.25, 0.3) is 0 Å². The number of phenols is 1. The normalized spacial score (nSPS) is 12.0. The van der Waals surface area contributed by atoms with Crippen LogP contribution < -0.4 is 5.73 Å². The Morgan fingerprint density at radius 3 is 2.67 bits per heavy atom. The van der Waals surface area contributed by atoms with Gasteiger partial charge in [-0.15, -0.1) is 12.4 Å². The van der Waals surface area contributed by atoms with Crippen LogP contribution in [-0.2, 0) is 0 Å². The smallest absolute Gasteiger partial charge is 0.136 e. The van der Waals surface area contributed by atoms with Crippen molar-refractivity contribution in [2.24, 2.45) is 5.73 Å². The molecular formula is C10H14BrCl2NO. The molecule has 0 saturated heterocycles. The first-order chi connectivity index (χ1) is 6.57. The maximum Gasteiger partial charge on any atom is 0.136 e. The molecule has 5 heteroatoms. The van der Waals surface area contributed by atoms with Crippen molar-refractivity contribution >= 4 is 39.9 Å². The highest BCUT2D eigenvalue weighted by Crippen LogP contribution is 2.37. The zero-order valence-electron chi connectivity index (χ0n) is 8.34. The molecule has 0 amide bonds. The largest absolute Gasteiger partial charge is 0.506 e. The summed E-state index contributed by atoms with van der Waals surface area (Å²) in [6.45, 7) is 2.04. The van der Waals surface area contributed by atoms with Crippen LogP contribution in [0.4, 0.5) is 0 Å². The number of hydrogen-bond acceptors (Lipinski definition) is 2. The third-order valence-electron chi connectivity index (χ3n) is 2.09. The Bertz CT molecular complexity index is 333. The van der Waals surface area contributed by atoms with Gasteiger partial charge in [-0.1, -0.05) is 24.9 Å². The van der Waals surface area contributed by atoms with Gasteiger partial charge >= 0.3 is 0 Å². The summed E-state index contributed by atoms with van der Waals surface area (Å²) in [6, 6.07) is 3.24. The molecule has 0 bridgehead atoms. The molecule has 2 nitrogen and oxygen atoms in total. The molecule has 1 atom stereocenters. The highest BCUT2D eigenvalue weighted by atomic mass is 79.9. The zero-order valence-corrected chi connectivity index (χ0v) is 11.5. The van der Waals surface area contributed by atoms with Gasteiger partial charge in [0, 0.05) is 16.6 Å². The summed E-state index contributed by atoms with van der Waals surface area (Å²) in [5.74, 6) is 0.151. The average molecular weight is 315 g/mol. The van der Waals surface area contributed by atoms with Crippen LogP contribution in [0.2, 0.25) is 5.02 Å². The fourth-order valence-corrected chi connectivity index (χ4v) is 2.00. The monoisotopic (exact) mass is 313 g/mol. The van der Waals surface area contributed by atoms with Crippen molar-refractivity contribution in [3.8, 4) is 5.75 Å². The summed E-state index contributed by atoms with van der Waals surface area (Å²) in [4.78, 5) is 0. The molecule has 0 radical (unpaired) electrons. The Labute approximate surface area is 109 Å². The minimum absolute atomic E-state index is 0. The van der Waals surface area contributed by atoms with Gasteiger partial charge in [-0.3, -0.25) is 0 Å². The number of nitrogens with two attached hydrogens (primary N) is 1. The van der Waals surface area contributed by atoms with Crippen LogP contribution in [0.5, 0.6) is 5.75 Å². The summed E-state index contributed by atoms with van der Waals surface area (Å²) in [6.07, 6.45) is 1.77. The lowest BCUT2D eigenvalue weighted by Gasteiger charge is -2.15. The van der Waals surface area contributed by atoms with E-state index >= 15 is 0 Å². The molecule has 0 aromatic heterocycles. The van der Waals surface area contributed by atoms with Crippen LogP contribution in [0.1, 0.15) is 31.4 Å². The molecule has 86 valence electrons. The minimum Gasteiger partial charge on any atom is -0.506 e. The molecule has 0 aliphatic carbocycles. The van der Waals surface area contributed by atoms with Gasteiger partial charge in [0.15, 0.2) is 0 Å². The number of aromatic hydroxyl groups is 1. The van der Waals surface area contributed by atoms with E-state index in [0.29, 0.717) is 15.1 Å². The van der Waals surface area contributed by atoms with Gasteiger partial charge in [-0.25, -0.2) is 0 Å². The zero-order chi connectivity index (χ0) is 10.7. The number of halogens is 3. The summed E-state index contributed by atoms with van der Waals surface area (Å²) in [5, 5.41) is 10.3. The molecule has 15 heavy (non-hydrogen) atoms. The molecular weight excluding hydrogens is 301 g/mol. The van der Waals surface area contributed by atoms with Crippen molar-refractivity contribution in [1.29, 1.82) is 0 Å². The van der Waals surface area contributed by atoms with Crippen molar-refractivity contribution < 1.29 is 5.11 Å². The van der Waals surface area contributed by atoms with E-state index in [1.165, 1.54) is 0 Å². The predicted molar refractivity (Wildman–Crippen MR) is 69.9 cm³/mol. The van der Waals surface area contributed by atoms with Crippen molar-refractivity contribution in [2.45, 2.75) is 25.8 Å². The SMILES string of the molecule is CCC[C@H](N)c1c(Cl)ccc(Br)c1O.Cl. The Kier molecular flexibility index (Phi) is 6.60. The Balaban J connectivity index is 0.00000196. The molecule has 3 N–H and O–H groups in total. The van der Waals surface area contributed by atoms with E-state index in [1.807, 2.05) is 6.92 Å². The van der Waals surface area contributed by atoms with Gasteiger partial charge < -0.3 is 10.8 Å². The van der Waals surface area contributed by atoms with Crippen molar-refractivity contribution in [2.75, 3.05) is 0 Å². The molecule has 0 fully saturated rings. The second-order valence-corrected chi connectivity index (χ2v) is 4.45. The van der Waals surface area contributed by atoms with E-state index in [2.05, 4.69) is 15.9 Å². The van der Waals surface area contributed by atoms with E-state index in [1.54, 1.807) is 12.1 Å². The first kappa shape index (κ1) is 15.0. The van der Waals surface area contributed by atoms with Crippen LogP contribution in [0, 0.1) is 0 Å². The molecule has 0 heterocycles. The summed E-state index contributed by atoms with van der Waals surface area (Å²) in [7, 11) is 0.